The van der Waals surface area contributed by atoms with Gasteiger partial charge in [-0.05, 0) is 25.2 Å². The molecule has 0 spiro atoms. The minimum absolute atomic E-state index is 0.0979. The van der Waals surface area contributed by atoms with E-state index in [0.717, 1.165) is 19.3 Å². The lowest BCUT2D eigenvalue weighted by atomic mass is 9.85. The van der Waals surface area contributed by atoms with Gasteiger partial charge in [0.15, 0.2) is 0 Å². The lowest BCUT2D eigenvalue weighted by Crippen LogP contribution is -2.36. The molecule has 2 unspecified atom stereocenters. The zero-order valence-corrected chi connectivity index (χ0v) is 10.5. The smallest absolute Gasteiger partial charge is 0.323 e. The summed E-state index contributed by atoms with van der Waals surface area (Å²) in [6, 6.07) is -0.299. The second-order valence-corrected chi connectivity index (χ2v) is 5.35. The summed E-state index contributed by atoms with van der Waals surface area (Å²) in [5, 5.41) is 12.4. The summed E-state index contributed by atoms with van der Waals surface area (Å²) >= 11 is 0. The average Bonchev–Trinajstić information content (AvgIpc) is 2.76. The van der Waals surface area contributed by atoms with E-state index in [4.69, 9.17) is 4.74 Å². The van der Waals surface area contributed by atoms with Gasteiger partial charge in [0.25, 0.3) is 0 Å². The van der Waals surface area contributed by atoms with Crippen LogP contribution >= 0.6 is 0 Å². The van der Waals surface area contributed by atoms with Crippen LogP contribution in [0.4, 0.5) is 0 Å². The van der Waals surface area contributed by atoms with Gasteiger partial charge < -0.3 is 15.2 Å². The van der Waals surface area contributed by atoms with Gasteiger partial charge in [0.1, 0.15) is 12.1 Å². The first-order valence-electron chi connectivity index (χ1n) is 6.81. The molecule has 2 N–H and O–H groups in total. The minimum Gasteiger partial charge on any atom is -0.461 e. The van der Waals surface area contributed by atoms with Crippen molar-refractivity contribution in [1.29, 1.82) is 0 Å². The molecule has 2 fully saturated rings. The number of hydrogen-bond acceptors (Lipinski definition) is 4. The lowest BCUT2D eigenvalue weighted by molar-refractivity contribution is -0.153. The fraction of sp³-hybridized carbons (Fsp3) is 0.923. The van der Waals surface area contributed by atoms with Crippen molar-refractivity contribution in [2.24, 2.45) is 5.92 Å². The maximum Gasteiger partial charge on any atom is 0.323 e. The Balaban J connectivity index is 1.78. The van der Waals surface area contributed by atoms with Gasteiger partial charge in [-0.15, -0.1) is 0 Å². The highest BCUT2D eigenvalue weighted by molar-refractivity contribution is 5.76. The van der Waals surface area contributed by atoms with Crippen LogP contribution in [0, 0.1) is 5.92 Å². The second-order valence-electron chi connectivity index (χ2n) is 5.35. The van der Waals surface area contributed by atoms with Crippen molar-refractivity contribution in [2.75, 3.05) is 6.54 Å². The van der Waals surface area contributed by atoms with Crippen molar-refractivity contribution >= 4 is 5.97 Å². The van der Waals surface area contributed by atoms with Crippen LogP contribution in [0.15, 0.2) is 0 Å². The third-order valence-electron chi connectivity index (χ3n) is 3.99. The van der Waals surface area contributed by atoms with Gasteiger partial charge >= 0.3 is 5.97 Å². The van der Waals surface area contributed by atoms with Crippen molar-refractivity contribution in [3.05, 3.63) is 0 Å². The Kier molecular flexibility index (Phi) is 4.40. The van der Waals surface area contributed by atoms with Crippen LogP contribution in [0.1, 0.15) is 45.4 Å². The molecule has 4 atom stereocenters. The zero-order valence-electron chi connectivity index (χ0n) is 10.5. The van der Waals surface area contributed by atoms with Crippen molar-refractivity contribution in [3.8, 4) is 0 Å². The molecule has 0 radical (unpaired) electrons. The van der Waals surface area contributed by atoms with Crippen LogP contribution in [0.25, 0.3) is 0 Å². The summed E-state index contributed by atoms with van der Waals surface area (Å²) in [4.78, 5) is 11.9. The van der Waals surface area contributed by atoms with Gasteiger partial charge in [0, 0.05) is 13.0 Å². The Bertz CT molecular complexity index is 269. The lowest BCUT2D eigenvalue weighted by Gasteiger charge is -2.28. The van der Waals surface area contributed by atoms with E-state index in [1.807, 2.05) is 0 Å². The highest BCUT2D eigenvalue weighted by atomic mass is 16.5. The highest BCUT2D eigenvalue weighted by Gasteiger charge is 2.32. The van der Waals surface area contributed by atoms with Crippen LogP contribution in [-0.2, 0) is 9.53 Å². The van der Waals surface area contributed by atoms with Crippen LogP contribution < -0.4 is 5.32 Å². The molecular weight excluding hydrogens is 218 g/mol. The standard InChI is InChI=1S/C13H23NO3/c1-2-9-4-3-5-11(6-9)17-13(16)12-7-10(15)8-14-12/h9-12,14-15H,2-8H2,1H3/t9?,10-,11?,12-/m0/s1. The second kappa shape index (κ2) is 5.83. The van der Waals surface area contributed by atoms with Crippen LogP contribution in [0.5, 0.6) is 0 Å². The number of β-amino-alcohol motifs (C(OH)–C–C–N with tert-alkyl or cyclic N) is 1. The number of carbonyl (C=O) groups is 1. The first-order chi connectivity index (χ1) is 8.19. The maximum absolute atomic E-state index is 11.9. The summed E-state index contributed by atoms with van der Waals surface area (Å²) in [5.41, 5.74) is 0. The molecule has 17 heavy (non-hydrogen) atoms. The molecule has 1 saturated carbocycles. The molecule has 0 aromatic rings. The van der Waals surface area contributed by atoms with Crippen LogP contribution in [-0.4, -0.2) is 35.9 Å². The predicted octanol–water partition coefficient (Wildman–Crippen LogP) is 1.22. The molecular formula is C13H23NO3. The Morgan fingerprint density at radius 3 is 2.88 bits per heavy atom. The third kappa shape index (κ3) is 3.42. The summed E-state index contributed by atoms with van der Waals surface area (Å²) in [5.74, 6) is 0.534. The monoisotopic (exact) mass is 241 g/mol. The van der Waals surface area contributed by atoms with Crippen LogP contribution in [0.3, 0.4) is 0 Å². The fourth-order valence-electron chi connectivity index (χ4n) is 2.86. The van der Waals surface area contributed by atoms with Gasteiger partial charge in [-0.3, -0.25) is 4.79 Å². The third-order valence-corrected chi connectivity index (χ3v) is 3.99. The number of esters is 1. The number of aliphatic hydroxyl groups excluding tert-OH is 1. The molecule has 1 aliphatic heterocycles. The summed E-state index contributed by atoms with van der Waals surface area (Å²) in [6.45, 7) is 2.70. The molecule has 2 rings (SSSR count). The maximum atomic E-state index is 11.9. The molecule has 1 aliphatic carbocycles. The van der Waals surface area contributed by atoms with Gasteiger partial charge in [0.05, 0.1) is 6.10 Å². The number of aliphatic hydroxyl groups is 1. The molecule has 0 aromatic heterocycles. The number of ether oxygens (including phenoxy) is 1. The van der Waals surface area contributed by atoms with E-state index in [9.17, 15) is 9.90 Å². The number of hydrogen-bond donors (Lipinski definition) is 2. The van der Waals surface area contributed by atoms with E-state index in [-0.39, 0.29) is 18.1 Å². The summed E-state index contributed by atoms with van der Waals surface area (Å²) in [6.07, 6.45) is 5.80. The van der Waals surface area contributed by atoms with E-state index in [2.05, 4.69) is 12.2 Å². The fourth-order valence-corrected chi connectivity index (χ4v) is 2.86. The minimum atomic E-state index is -0.401. The van der Waals surface area contributed by atoms with Gasteiger partial charge in [-0.2, -0.15) is 0 Å². The number of carbonyl (C=O) groups excluding carboxylic acids is 1. The summed E-state index contributed by atoms with van der Waals surface area (Å²) in [7, 11) is 0. The normalized spacial score (nSPS) is 38.0. The molecule has 0 aromatic carbocycles. The van der Waals surface area contributed by atoms with E-state index in [1.165, 1.54) is 12.8 Å². The Morgan fingerprint density at radius 1 is 1.41 bits per heavy atom. The number of nitrogens with one attached hydrogen (secondary N) is 1. The quantitative estimate of drug-likeness (QED) is 0.729. The van der Waals surface area contributed by atoms with Gasteiger partial charge in [-0.25, -0.2) is 0 Å². The van der Waals surface area contributed by atoms with Crippen LogP contribution in [0.2, 0.25) is 0 Å². The van der Waals surface area contributed by atoms with Crippen molar-refractivity contribution in [3.63, 3.8) is 0 Å². The molecule has 0 amide bonds. The zero-order chi connectivity index (χ0) is 12.3. The molecule has 0 bridgehead atoms. The van der Waals surface area contributed by atoms with Gasteiger partial charge in [0.2, 0.25) is 0 Å². The van der Waals surface area contributed by atoms with E-state index in [1.54, 1.807) is 0 Å². The molecule has 1 saturated heterocycles. The Labute approximate surface area is 103 Å². The average molecular weight is 241 g/mol. The first kappa shape index (κ1) is 12.8. The first-order valence-corrected chi connectivity index (χ1v) is 6.81. The van der Waals surface area contributed by atoms with E-state index < -0.39 is 6.10 Å². The molecule has 4 heteroatoms. The predicted molar refractivity (Wildman–Crippen MR) is 64.5 cm³/mol. The van der Waals surface area contributed by atoms with Crippen molar-refractivity contribution in [1.82, 2.24) is 5.32 Å². The molecule has 98 valence electrons. The Hall–Kier alpha value is -0.610. The topological polar surface area (TPSA) is 58.6 Å². The summed E-state index contributed by atoms with van der Waals surface area (Å²) < 4.78 is 5.54. The van der Waals surface area contributed by atoms with Gasteiger partial charge in [-0.1, -0.05) is 19.8 Å². The SMILES string of the molecule is CCC1CCCC(OC(=O)[C@@H]2C[C@H](O)CN2)C1. The number of rotatable bonds is 3. The largest absolute Gasteiger partial charge is 0.461 e. The molecule has 2 aliphatic rings. The Morgan fingerprint density at radius 2 is 2.24 bits per heavy atom. The van der Waals surface area contributed by atoms with Crippen molar-refractivity contribution < 1.29 is 14.6 Å². The van der Waals surface area contributed by atoms with E-state index in [0.29, 0.717) is 18.9 Å². The van der Waals surface area contributed by atoms with Crippen molar-refractivity contribution in [2.45, 2.75) is 63.7 Å². The van der Waals surface area contributed by atoms with E-state index >= 15 is 0 Å². The highest BCUT2D eigenvalue weighted by Crippen LogP contribution is 2.28. The molecule has 4 nitrogen and oxygen atoms in total. The molecule has 1 heterocycles.